The van der Waals surface area contributed by atoms with Crippen LogP contribution >= 0.6 is 11.6 Å². The summed E-state index contributed by atoms with van der Waals surface area (Å²) in [7, 11) is 0. The Morgan fingerprint density at radius 3 is 2.57 bits per heavy atom. The minimum absolute atomic E-state index is 0.104. The summed E-state index contributed by atoms with van der Waals surface area (Å²) in [6, 6.07) is 15.9. The van der Waals surface area contributed by atoms with Crippen LogP contribution in [0.3, 0.4) is 0 Å². The van der Waals surface area contributed by atoms with Gasteiger partial charge in [0.25, 0.3) is 5.91 Å². The van der Waals surface area contributed by atoms with Crippen molar-refractivity contribution >= 4 is 39.7 Å². The normalized spacial score (nSPS) is 11.1. The molecule has 0 saturated heterocycles. The van der Waals surface area contributed by atoms with Gasteiger partial charge in [0.2, 0.25) is 0 Å². The van der Waals surface area contributed by atoms with Crippen LogP contribution < -0.4 is 10.6 Å². The van der Waals surface area contributed by atoms with Crippen LogP contribution in [0.15, 0.2) is 60.3 Å². The predicted molar refractivity (Wildman–Crippen MR) is 112 cm³/mol. The van der Waals surface area contributed by atoms with Crippen molar-refractivity contribution in [1.82, 2.24) is 0 Å². The van der Waals surface area contributed by atoms with Crippen molar-refractivity contribution < 1.29 is 9.90 Å². The molecule has 0 aliphatic heterocycles. The van der Waals surface area contributed by atoms with Gasteiger partial charge in [0, 0.05) is 22.7 Å². The zero-order valence-corrected chi connectivity index (χ0v) is 16.1. The fourth-order valence-corrected chi connectivity index (χ4v) is 3.36. The predicted octanol–water partition coefficient (Wildman–Crippen LogP) is 5.27. The molecule has 28 heavy (non-hydrogen) atoms. The van der Waals surface area contributed by atoms with E-state index in [9.17, 15) is 15.2 Å². The number of carbonyl (C=O) groups excluding carboxylic acids is 1. The summed E-state index contributed by atoms with van der Waals surface area (Å²) in [6.45, 7) is 3.83. The summed E-state index contributed by atoms with van der Waals surface area (Å²) in [6.07, 6.45) is 1.33. The average molecular weight is 392 g/mol. The van der Waals surface area contributed by atoms with E-state index in [1.165, 1.54) is 6.20 Å². The number of nitrogens with zero attached hydrogens (tertiary/aromatic N) is 1. The molecular formula is C22H18ClN3O2. The van der Waals surface area contributed by atoms with E-state index < -0.39 is 5.91 Å². The molecule has 1 amide bonds. The number of rotatable bonds is 4. The minimum Gasteiger partial charge on any atom is -0.507 e. The number of aromatic hydroxyl groups is 1. The molecule has 0 aliphatic carbocycles. The minimum atomic E-state index is -0.563. The fraction of sp³-hybridized carbons (Fsp3) is 0.0909. The summed E-state index contributed by atoms with van der Waals surface area (Å²) in [5.74, 6) is -0.442. The molecule has 0 saturated carbocycles. The molecule has 3 aromatic carbocycles. The number of nitriles is 1. The number of hydrogen-bond donors (Lipinski definition) is 3. The molecule has 140 valence electrons. The smallest absolute Gasteiger partial charge is 0.267 e. The number of phenolic OH excluding ortho intramolecular Hbond substituents is 1. The van der Waals surface area contributed by atoms with Crippen LogP contribution in [0.2, 0.25) is 5.02 Å². The Balaban J connectivity index is 1.87. The molecule has 0 fully saturated rings. The lowest BCUT2D eigenvalue weighted by Crippen LogP contribution is -2.15. The quantitative estimate of drug-likeness (QED) is 0.417. The van der Waals surface area contributed by atoms with Crippen LogP contribution in [0.25, 0.3) is 10.8 Å². The van der Waals surface area contributed by atoms with Gasteiger partial charge in [-0.1, -0.05) is 41.9 Å². The van der Waals surface area contributed by atoms with Gasteiger partial charge in [0.05, 0.1) is 10.7 Å². The Bertz CT molecular complexity index is 1120. The molecule has 0 atom stereocenters. The fourth-order valence-electron chi connectivity index (χ4n) is 2.98. The summed E-state index contributed by atoms with van der Waals surface area (Å²) in [5, 5.41) is 26.9. The van der Waals surface area contributed by atoms with Gasteiger partial charge in [-0.05, 0) is 43.2 Å². The monoisotopic (exact) mass is 391 g/mol. The second-order valence-electron chi connectivity index (χ2n) is 6.38. The lowest BCUT2D eigenvalue weighted by Gasteiger charge is -2.11. The molecule has 0 bridgehead atoms. The Hall–Kier alpha value is -3.49. The highest BCUT2D eigenvalue weighted by Gasteiger charge is 2.13. The van der Waals surface area contributed by atoms with Gasteiger partial charge in [-0.25, -0.2) is 0 Å². The van der Waals surface area contributed by atoms with Gasteiger partial charge < -0.3 is 15.7 Å². The third kappa shape index (κ3) is 3.93. The highest BCUT2D eigenvalue weighted by Crippen LogP contribution is 2.30. The standard InChI is InChI=1S/C22H18ClN3O2/c1-13-9-14(2)21(18(23)10-13)25-12-15(11-24)22(28)26-19-7-3-6-17-16(19)5-4-8-20(17)27/h3-10,12,25,27H,1-2H3,(H,26,28)/b15-12-. The van der Waals surface area contributed by atoms with E-state index in [0.717, 1.165) is 11.1 Å². The van der Waals surface area contributed by atoms with Gasteiger partial charge >= 0.3 is 0 Å². The van der Waals surface area contributed by atoms with Crippen LogP contribution in [-0.4, -0.2) is 11.0 Å². The number of aryl methyl sites for hydroxylation is 2. The van der Waals surface area contributed by atoms with Gasteiger partial charge in [0.1, 0.15) is 17.4 Å². The van der Waals surface area contributed by atoms with Crippen LogP contribution in [0, 0.1) is 25.2 Å². The van der Waals surface area contributed by atoms with Crippen LogP contribution in [0.5, 0.6) is 5.75 Å². The first-order valence-corrected chi connectivity index (χ1v) is 8.94. The Labute approximate surface area is 167 Å². The zero-order chi connectivity index (χ0) is 20.3. The third-order valence-electron chi connectivity index (χ3n) is 4.30. The van der Waals surface area contributed by atoms with Gasteiger partial charge in [0.15, 0.2) is 0 Å². The van der Waals surface area contributed by atoms with Crippen molar-refractivity contribution in [2.45, 2.75) is 13.8 Å². The number of anilines is 2. The van der Waals surface area contributed by atoms with Gasteiger partial charge in [-0.3, -0.25) is 4.79 Å². The number of benzene rings is 3. The lowest BCUT2D eigenvalue weighted by molar-refractivity contribution is -0.112. The Morgan fingerprint density at radius 2 is 1.86 bits per heavy atom. The first-order valence-electron chi connectivity index (χ1n) is 8.56. The summed E-state index contributed by atoms with van der Waals surface area (Å²) in [4.78, 5) is 12.6. The molecule has 0 unspecified atom stereocenters. The SMILES string of the molecule is Cc1cc(C)c(N/C=C(/C#N)C(=O)Nc2cccc3c(O)cccc23)c(Cl)c1. The third-order valence-corrected chi connectivity index (χ3v) is 4.60. The average Bonchev–Trinajstić information content (AvgIpc) is 2.64. The molecule has 0 heterocycles. The number of fused-ring (bicyclic) bond motifs is 1. The Kier molecular flexibility index (Phi) is 5.53. The molecule has 3 rings (SSSR count). The van der Waals surface area contributed by atoms with Gasteiger partial charge in [-0.15, -0.1) is 0 Å². The van der Waals surface area contributed by atoms with Crippen molar-refractivity contribution in [1.29, 1.82) is 5.26 Å². The Morgan fingerprint density at radius 1 is 1.14 bits per heavy atom. The first kappa shape index (κ1) is 19.3. The molecule has 3 aromatic rings. The van der Waals surface area contributed by atoms with E-state index >= 15 is 0 Å². The number of halogens is 1. The van der Waals surface area contributed by atoms with E-state index in [2.05, 4.69) is 10.6 Å². The summed E-state index contributed by atoms with van der Waals surface area (Å²) < 4.78 is 0. The molecule has 5 nitrogen and oxygen atoms in total. The number of carbonyl (C=O) groups is 1. The number of phenols is 1. The molecular weight excluding hydrogens is 374 g/mol. The molecule has 0 aromatic heterocycles. The van der Waals surface area contributed by atoms with E-state index in [0.29, 0.717) is 27.2 Å². The van der Waals surface area contributed by atoms with Crippen molar-refractivity contribution in [3.8, 4) is 11.8 Å². The zero-order valence-electron chi connectivity index (χ0n) is 15.4. The van der Waals surface area contributed by atoms with Gasteiger partial charge in [-0.2, -0.15) is 5.26 Å². The van der Waals surface area contributed by atoms with Crippen molar-refractivity contribution in [2.75, 3.05) is 10.6 Å². The molecule has 3 N–H and O–H groups in total. The topological polar surface area (TPSA) is 85.2 Å². The number of amides is 1. The summed E-state index contributed by atoms with van der Waals surface area (Å²) >= 11 is 6.25. The molecule has 0 aliphatic rings. The second-order valence-corrected chi connectivity index (χ2v) is 6.79. The van der Waals surface area contributed by atoms with Crippen molar-refractivity contribution in [3.63, 3.8) is 0 Å². The number of nitrogens with one attached hydrogen (secondary N) is 2. The maximum atomic E-state index is 12.6. The highest BCUT2D eigenvalue weighted by atomic mass is 35.5. The van der Waals surface area contributed by atoms with Crippen molar-refractivity contribution in [2.24, 2.45) is 0 Å². The molecule has 0 radical (unpaired) electrons. The number of hydrogen-bond acceptors (Lipinski definition) is 4. The van der Waals surface area contributed by atoms with Crippen molar-refractivity contribution in [3.05, 3.63) is 76.5 Å². The lowest BCUT2D eigenvalue weighted by atomic mass is 10.1. The van der Waals surface area contributed by atoms with E-state index in [1.54, 1.807) is 42.5 Å². The molecule has 6 heteroatoms. The first-order chi connectivity index (χ1) is 13.4. The maximum absolute atomic E-state index is 12.6. The highest BCUT2D eigenvalue weighted by molar-refractivity contribution is 6.33. The maximum Gasteiger partial charge on any atom is 0.267 e. The van der Waals surface area contributed by atoms with E-state index in [1.807, 2.05) is 26.0 Å². The largest absolute Gasteiger partial charge is 0.507 e. The molecule has 0 spiro atoms. The second kappa shape index (κ2) is 8.03. The van der Waals surface area contributed by atoms with Crippen LogP contribution in [0.1, 0.15) is 11.1 Å². The van der Waals surface area contributed by atoms with Crippen LogP contribution in [0.4, 0.5) is 11.4 Å². The van der Waals surface area contributed by atoms with Crippen LogP contribution in [-0.2, 0) is 4.79 Å². The summed E-state index contributed by atoms with van der Waals surface area (Å²) in [5.41, 5.74) is 2.97. The van der Waals surface area contributed by atoms with E-state index in [-0.39, 0.29) is 11.3 Å². The van der Waals surface area contributed by atoms with E-state index in [4.69, 9.17) is 11.6 Å².